The van der Waals surface area contributed by atoms with Crippen LogP contribution in [-0.2, 0) is 9.53 Å². The van der Waals surface area contributed by atoms with Crippen LogP contribution < -0.4 is 0 Å². The van der Waals surface area contributed by atoms with Crippen molar-refractivity contribution in [2.45, 2.75) is 32.9 Å². The van der Waals surface area contributed by atoms with E-state index in [9.17, 15) is 9.18 Å². The fourth-order valence-electron chi connectivity index (χ4n) is 2.80. The Balaban J connectivity index is 1.92. The van der Waals surface area contributed by atoms with E-state index in [-0.39, 0.29) is 17.7 Å². The fraction of sp³-hybridized carbons (Fsp3) is 0.923. The highest BCUT2D eigenvalue weighted by atomic mass is 19.1. The summed E-state index contributed by atoms with van der Waals surface area (Å²) < 4.78 is 19.0. The molecule has 2 saturated heterocycles. The summed E-state index contributed by atoms with van der Waals surface area (Å²) in [6, 6.07) is 0. The van der Waals surface area contributed by atoms with Crippen LogP contribution in [-0.4, -0.2) is 43.3 Å². The lowest BCUT2D eigenvalue weighted by molar-refractivity contribution is -0.137. The molecule has 0 aliphatic carbocycles. The highest BCUT2D eigenvalue weighted by molar-refractivity contribution is 5.79. The summed E-state index contributed by atoms with van der Waals surface area (Å²) in [6.07, 6.45) is 0.732. The number of likely N-dealkylation sites (tertiary alicyclic amines) is 1. The van der Waals surface area contributed by atoms with Gasteiger partial charge < -0.3 is 9.64 Å². The van der Waals surface area contributed by atoms with Crippen LogP contribution in [0.3, 0.4) is 0 Å². The molecule has 1 amide bonds. The third-order valence-electron chi connectivity index (χ3n) is 4.03. The van der Waals surface area contributed by atoms with Crippen LogP contribution >= 0.6 is 0 Å². The normalized spacial score (nSPS) is 31.2. The maximum atomic E-state index is 13.8. The number of ether oxygens (including phenoxy) is 1. The molecule has 1 unspecified atom stereocenters. The van der Waals surface area contributed by atoms with Crippen LogP contribution in [0.15, 0.2) is 0 Å². The molecule has 0 N–H and O–H groups in total. The van der Waals surface area contributed by atoms with Gasteiger partial charge in [-0.1, -0.05) is 13.8 Å². The van der Waals surface area contributed by atoms with Gasteiger partial charge in [0.1, 0.15) is 6.17 Å². The van der Waals surface area contributed by atoms with E-state index in [0.29, 0.717) is 32.2 Å². The van der Waals surface area contributed by atoms with Crippen molar-refractivity contribution < 1.29 is 13.9 Å². The van der Waals surface area contributed by atoms with Crippen LogP contribution in [0.4, 0.5) is 4.39 Å². The van der Waals surface area contributed by atoms with Gasteiger partial charge in [0, 0.05) is 31.6 Å². The highest BCUT2D eigenvalue weighted by Crippen LogP contribution is 2.29. The van der Waals surface area contributed by atoms with Gasteiger partial charge in [0.2, 0.25) is 5.91 Å². The third-order valence-corrected chi connectivity index (χ3v) is 4.03. The molecule has 17 heavy (non-hydrogen) atoms. The molecule has 2 heterocycles. The Bertz CT molecular complexity index is 277. The van der Waals surface area contributed by atoms with Crippen molar-refractivity contribution in [1.29, 1.82) is 0 Å². The average Bonchev–Trinajstić information content (AvgIpc) is 2.71. The van der Waals surface area contributed by atoms with Crippen molar-refractivity contribution in [2.24, 2.45) is 17.8 Å². The van der Waals surface area contributed by atoms with Crippen LogP contribution in [0, 0.1) is 17.8 Å². The summed E-state index contributed by atoms with van der Waals surface area (Å²) in [5, 5.41) is 0. The van der Waals surface area contributed by atoms with Crippen LogP contribution in [0.2, 0.25) is 0 Å². The van der Waals surface area contributed by atoms with E-state index >= 15 is 0 Å². The summed E-state index contributed by atoms with van der Waals surface area (Å²) in [6.45, 7) is 6.27. The summed E-state index contributed by atoms with van der Waals surface area (Å²) in [5.74, 6) is 0.511. The predicted octanol–water partition coefficient (Wildman–Crippen LogP) is 1.87. The number of rotatable bonds is 2. The molecule has 2 rings (SSSR count). The van der Waals surface area contributed by atoms with Gasteiger partial charge >= 0.3 is 0 Å². The minimum atomic E-state index is -0.848. The maximum absolute atomic E-state index is 13.8. The first-order valence-corrected chi connectivity index (χ1v) is 6.60. The van der Waals surface area contributed by atoms with Gasteiger partial charge in [-0.15, -0.1) is 0 Å². The molecule has 0 spiro atoms. The quantitative estimate of drug-likeness (QED) is 0.741. The lowest BCUT2D eigenvalue weighted by Gasteiger charge is -2.26. The number of carbonyl (C=O) groups is 1. The Morgan fingerprint density at radius 1 is 1.29 bits per heavy atom. The van der Waals surface area contributed by atoms with Crippen molar-refractivity contribution in [3.8, 4) is 0 Å². The molecule has 98 valence electrons. The first kappa shape index (κ1) is 12.8. The Morgan fingerprint density at radius 3 is 2.47 bits per heavy atom. The molecule has 0 saturated carbocycles. The van der Waals surface area contributed by atoms with Crippen molar-refractivity contribution >= 4 is 5.91 Å². The molecular formula is C13H22FNO2. The summed E-state index contributed by atoms with van der Waals surface area (Å²) >= 11 is 0. The minimum Gasteiger partial charge on any atom is -0.381 e. The van der Waals surface area contributed by atoms with E-state index in [0.717, 1.165) is 12.8 Å². The van der Waals surface area contributed by atoms with E-state index < -0.39 is 6.17 Å². The number of carbonyl (C=O) groups excluding carboxylic acids is 1. The molecule has 2 aliphatic heterocycles. The van der Waals surface area contributed by atoms with Crippen molar-refractivity contribution in [3.63, 3.8) is 0 Å². The minimum absolute atomic E-state index is 0.0128. The second-order valence-corrected chi connectivity index (χ2v) is 5.55. The zero-order valence-corrected chi connectivity index (χ0v) is 10.7. The predicted molar refractivity (Wildman–Crippen MR) is 63.3 cm³/mol. The zero-order chi connectivity index (χ0) is 12.4. The Hall–Kier alpha value is -0.640. The first-order chi connectivity index (χ1) is 8.09. The Morgan fingerprint density at radius 2 is 1.94 bits per heavy atom. The average molecular weight is 243 g/mol. The van der Waals surface area contributed by atoms with Crippen molar-refractivity contribution in [1.82, 2.24) is 4.90 Å². The number of amides is 1. The van der Waals surface area contributed by atoms with E-state index in [2.05, 4.69) is 0 Å². The fourth-order valence-corrected chi connectivity index (χ4v) is 2.80. The second kappa shape index (κ2) is 5.34. The van der Waals surface area contributed by atoms with Crippen LogP contribution in [0.1, 0.15) is 26.7 Å². The largest absolute Gasteiger partial charge is 0.381 e. The zero-order valence-electron chi connectivity index (χ0n) is 10.7. The molecule has 2 atom stereocenters. The molecule has 0 aromatic carbocycles. The standard InChI is InChI=1S/C13H22FNO2/c1-9(2)11-7-15(8-12(11)14)13(16)10-3-5-17-6-4-10/h9-12H,3-8H2,1-2H3/t11?,12-/m0/s1. The maximum Gasteiger partial charge on any atom is 0.225 e. The molecule has 0 aromatic rings. The molecule has 2 fully saturated rings. The molecule has 2 aliphatic rings. The first-order valence-electron chi connectivity index (χ1n) is 6.60. The van der Waals surface area contributed by atoms with Crippen molar-refractivity contribution in [3.05, 3.63) is 0 Å². The monoisotopic (exact) mass is 243 g/mol. The molecule has 0 bridgehead atoms. The summed E-state index contributed by atoms with van der Waals surface area (Å²) in [5.41, 5.74) is 0. The van der Waals surface area contributed by atoms with E-state index in [1.165, 1.54) is 0 Å². The molecular weight excluding hydrogens is 221 g/mol. The van der Waals surface area contributed by atoms with E-state index in [4.69, 9.17) is 4.74 Å². The number of hydrogen-bond donors (Lipinski definition) is 0. The van der Waals surface area contributed by atoms with E-state index in [1.54, 1.807) is 4.90 Å². The van der Waals surface area contributed by atoms with Gasteiger partial charge in [-0.3, -0.25) is 4.79 Å². The Kier molecular flexibility index (Phi) is 4.02. The number of nitrogens with zero attached hydrogens (tertiary/aromatic N) is 1. The lowest BCUT2D eigenvalue weighted by atomic mass is 9.94. The highest BCUT2D eigenvalue weighted by Gasteiger charge is 2.39. The van der Waals surface area contributed by atoms with Gasteiger partial charge in [-0.2, -0.15) is 0 Å². The second-order valence-electron chi connectivity index (χ2n) is 5.55. The smallest absolute Gasteiger partial charge is 0.225 e. The van der Waals surface area contributed by atoms with Crippen LogP contribution in [0.25, 0.3) is 0 Å². The van der Waals surface area contributed by atoms with E-state index in [1.807, 2.05) is 13.8 Å². The Labute approximate surface area is 102 Å². The van der Waals surface area contributed by atoms with Gasteiger partial charge in [0.05, 0.1) is 6.54 Å². The van der Waals surface area contributed by atoms with Gasteiger partial charge in [0.25, 0.3) is 0 Å². The molecule has 3 nitrogen and oxygen atoms in total. The summed E-state index contributed by atoms with van der Waals surface area (Å²) in [4.78, 5) is 13.9. The van der Waals surface area contributed by atoms with Gasteiger partial charge in [0.15, 0.2) is 0 Å². The summed E-state index contributed by atoms with van der Waals surface area (Å²) in [7, 11) is 0. The van der Waals surface area contributed by atoms with Crippen LogP contribution in [0.5, 0.6) is 0 Å². The van der Waals surface area contributed by atoms with Gasteiger partial charge in [-0.05, 0) is 18.8 Å². The topological polar surface area (TPSA) is 29.5 Å². The van der Waals surface area contributed by atoms with Gasteiger partial charge in [-0.25, -0.2) is 4.39 Å². The molecule has 0 radical (unpaired) electrons. The lowest BCUT2D eigenvalue weighted by Crippen LogP contribution is -2.37. The number of halogens is 1. The number of hydrogen-bond acceptors (Lipinski definition) is 2. The SMILES string of the molecule is CC(C)C1CN(C(=O)C2CCOCC2)C[C@@H]1F. The molecule has 0 aromatic heterocycles. The third kappa shape index (κ3) is 2.79. The van der Waals surface area contributed by atoms with Crippen molar-refractivity contribution in [2.75, 3.05) is 26.3 Å². The molecule has 4 heteroatoms. The number of alkyl halides is 1.